The van der Waals surface area contributed by atoms with E-state index in [-0.39, 0.29) is 11.6 Å². The zero-order valence-corrected chi connectivity index (χ0v) is 20.9. The van der Waals surface area contributed by atoms with E-state index in [9.17, 15) is 4.79 Å². The third-order valence-corrected chi connectivity index (χ3v) is 7.86. The monoisotopic (exact) mass is 500 g/mol. The van der Waals surface area contributed by atoms with Crippen LogP contribution in [-0.2, 0) is 13.1 Å². The molecule has 4 heterocycles. The summed E-state index contributed by atoms with van der Waals surface area (Å²) in [4.78, 5) is 20.2. The number of hydrogen-bond acceptors (Lipinski definition) is 7. The van der Waals surface area contributed by atoms with Gasteiger partial charge in [0.15, 0.2) is 5.82 Å². The Morgan fingerprint density at radius 2 is 2.06 bits per heavy atom. The van der Waals surface area contributed by atoms with Crippen LogP contribution in [0.3, 0.4) is 0 Å². The van der Waals surface area contributed by atoms with Crippen LogP contribution in [0.5, 0.6) is 0 Å². The maximum absolute atomic E-state index is 13.6. The molecule has 1 N–H and O–H groups in total. The number of aryl methyl sites for hydroxylation is 1. The van der Waals surface area contributed by atoms with Crippen LogP contribution in [0.1, 0.15) is 65.4 Å². The molecular formula is C27H28N6O2S. The molecule has 1 fully saturated rings. The molecule has 1 aromatic carbocycles. The minimum absolute atomic E-state index is 0.130. The number of benzene rings is 1. The maximum Gasteiger partial charge on any atom is 0.253 e. The standard InChI is InChI=1S/C27H28N6O2S/c1-18-10-11-19-15-23(27(34)28-24(19)14-18)25(26-29-30-31-33(26)20-6-2-3-7-20)32(16-21-8-4-12-35-21)17-22-9-5-13-36-22/h4-5,8-15,20,25H,2-3,6-7,16-17H2,1H3,(H,28,34). The highest BCUT2D eigenvalue weighted by atomic mass is 32.1. The van der Waals surface area contributed by atoms with E-state index in [1.165, 1.54) is 4.88 Å². The summed E-state index contributed by atoms with van der Waals surface area (Å²) in [6, 6.07) is 15.9. The molecule has 0 amide bonds. The number of fused-ring (bicyclic) bond motifs is 1. The summed E-state index contributed by atoms with van der Waals surface area (Å²) in [5.74, 6) is 1.52. The minimum atomic E-state index is -0.456. The van der Waals surface area contributed by atoms with E-state index in [1.54, 1.807) is 17.6 Å². The largest absolute Gasteiger partial charge is 0.468 e. The van der Waals surface area contributed by atoms with Gasteiger partial charge >= 0.3 is 0 Å². The van der Waals surface area contributed by atoms with Gasteiger partial charge in [-0.15, -0.1) is 16.4 Å². The summed E-state index contributed by atoms with van der Waals surface area (Å²) in [6.07, 6.45) is 6.09. The fourth-order valence-corrected chi connectivity index (χ4v) is 6.00. The molecule has 8 nitrogen and oxygen atoms in total. The Kier molecular flexibility index (Phi) is 6.25. The van der Waals surface area contributed by atoms with Crippen molar-refractivity contribution in [3.8, 4) is 0 Å². The number of tetrazole rings is 1. The Labute approximate surface area is 212 Å². The second kappa shape index (κ2) is 9.83. The fraction of sp³-hybridized carbons (Fsp3) is 0.333. The first kappa shape index (κ1) is 22.9. The average molecular weight is 501 g/mol. The molecule has 0 saturated heterocycles. The highest BCUT2D eigenvalue weighted by molar-refractivity contribution is 7.09. The van der Waals surface area contributed by atoms with Crippen LogP contribution < -0.4 is 5.56 Å². The van der Waals surface area contributed by atoms with Crippen molar-refractivity contribution in [1.29, 1.82) is 0 Å². The van der Waals surface area contributed by atoms with Crippen LogP contribution in [0.25, 0.3) is 10.9 Å². The van der Waals surface area contributed by atoms with Gasteiger partial charge in [-0.05, 0) is 76.9 Å². The van der Waals surface area contributed by atoms with Gasteiger partial charge in [0.1, 0.15) is 11.8 Å². The highest BCUT2D eigenvalue weighted by Gasteiger charge is 2.34. The van der Waals surface area contributed by atoms with E-state index >= 15 is 0 Å². The molecule has 1 aliphatic carbocycles. The maximum atomic E-state index is 13.6. The molecule has 0 radical (unpaired) electrons. The summed E-state index contributed by atoms with van der Waals surface area (Å²) in [5.41, 5.74) is 2.43. The second-order valence-corrected chi connectivity index (χ2v) is 10.6. The SMILES string of the molecule is Cc1ccc2cc(C(c3nnnn3C3CCCC3)N(Cc3ccco3)Cc3cccs3)c(=O)[nH]c2c1. The van der Waals surface area contributed by atoms with E-state index in [0.717, 1.165) is 47.9 Å². The van der Waals surface area contributed by atoms with Gasteiger partial charge in [0.05, 0.1) is 18.8 Å². The lowest BCUT2D eigenvalue weighted by Gasteiger charge is -2.30. The van der Waals surface area contributed by atoms with E-state index in [4.69, 9.17) is 4.42 Å². The second-order valence-electron chi connectivity index (χ2n) is 9.53. The van der Waals surface area contributed by atoms with Gasteiger partial charge in [0.25, 0.3) is 5.56 Å². The molecule has 0 bridgehead atoms. The average Bonchev–Trinajstić information content (AvgIpc) is 3.68. The van der Waals surface area contributed by atoms with Crippen LogP contribution in [0.4, 0.5) is 0 Å². The summed E-state index contributed by atoms with van der Waals surface area (Å²) in [5, 5.41) is 16.1. The molecule has 9 heteroatoms. The van der Waals surface area contributed by atoms with Crippen molar-refractivity contribution < 1.29 is 4.42 Å². The molecule has 184 valence electrons. The number of H-pyrrole nitrogens is 1. The van der Waals surface area contributed by atoms with Crippen LogP contribution in [0, 0.1) is 6.92 Å². The lowest BCUT2D eigenvalue weighted by Crippen LogP contribution is -2.35. The number of furan rings is 1. The van der Waals surface area contributed by atoms with Crippen molar-refractivity contribution >= 4 is 22.2 Å². The van der Waals surface area contributed by atoms with Crippen molar-refractivity contribution in [2.75, 3.05) is 0 Å². The highest BCUT2D eigenvalue weighted by Crippen LogP contribution is 2.35. The minimum Gasteiger partial charge on any atom is -0.468 e. The zero-order valence-electron chi connectivity index (χ0n) is 20.1. The first-order valence-electron chi connectivity index (χ1n) is 12.4. The van der Waals surface area contributed by atoms with E-state index < -0.39 is 6.04 Å². The third kappa shape index (κ3) is 4.52. The topological polar surface area (TPSA) is 92.8 Å². The van der Waals surface area contributed by atoms with Gasteiger partial charge in [-0.2, -0.15) is 0 Å². The Bertz CT molecular complexity index is 1460. The molecule has 1 unspecified atom stereocenters. The van der Waals surface area contributed by atoms with Crippen LogP contribution in [-0.4, -0.2) is 30.1 Å². The smallest absolute Gasteiger partial charge is 0.253 e. The summed E-state index contributed by atoms with van der Waals surface area (Å²) < 4.78 is 7.71. The van der Waals surface area contributed by atoms with E-state index in [1.807, 2.05) is 41.9 Å². The van der Waals surface area contributed by atoms with Crippen LogP contribution in [0.2, 0.25) is 0 Å². The summed E-state index contributed by atoms with van der Waals surface area (Å²) >= 11 is 1.69. The van der Waals surface area contributed by atoms with E-state index in [2.05, 4.69) is 49.0 Å². The quantitative estimate of drug-likeness (QED) is 0.307. The Balaban J connectivity index is 1.53. The molecule has 36 heavy (non-hydrogen) atoms. The molecule has 5 aromatic rings. The lowest BCUT2D eigenvalue weighted by atomic mass is 10.0. The summed E-state index contributed by atoms with van der Waals surface area (Å²) in [6.45, 7) is 3.17. The summed E-state index contributed by atoms with van der Waals surface area (Å²) in [7, 11) is 0. The van der Waals surface area contributed by atoms with Crippen LogP contribution in [0.15, 0.2) is 69.4 Å². The zero-order chi connectivity index (χ0) is 24.5. The van der Waals surface area contributed by atoms with Gasteiger partial charge < -0.3 is 9.40 Å². The molecular weight excluding hydrogens is 472 g/mol. The van der Waals surface area contributed by atoms with Crippen LogP contribution >= 0.6 is 11.3 Å². The molecule has 1 aliphatic rings. The number of aromatic amines is 1. The van der Waals surface area contributed by atoms with Gasteiger partial charge in [-0.1, -0.05) is 31.0 Å². The van der Waals surface area contributed by atoms with Crippen molar-refractivity contribution in [2.45, 2.75) is 57.8 Å². The van der Waals surface area contributed by atoms with Gasteiger partial charge in [0, 0.05) is 22.5 Å². The Morgan fingerprint density at radius 3 is 2.83 bits per heavy atom. The van der Waals surface area contributed by atoms with Crippen molar-refractivity contribution in [1.82, 2.24) is 30.1 Å². The van der Waals surface area contributed by atoms with Gasteiger partial charge in [-0.3, -0.25) is 9.69 Å². The number of nitrogens with one attached hydrogen (secondary N) is 1. The van der Waals surface area contributed by atoms with Crippen molar-refractivity contribution in [3.63, 3.8) is 0 Å². The van der Waals surface area contributed by atoms with Gasteiger partial charge in [-0.25, -0.2) is 4.68 Å². The van der Waals surface area contributed by atoms with Gasteiger partial charge in [0.2, 0.25) is 0 Å². The number of hydrogen-bond donors (Lipinski definition) is 1. The van der Waals surface area contributed by atoms with E-state index in [0.29, 0.717) is 24.5 Å². The third-order valence-electron chi connectivity index (χ3n) is 7.00. The predicted octanol–water partition coefficient (Wildman–Crippen LogP) is 5.38. The predicted molar refractivity (Wildman–Crippen MR) is 139 cm³/mol. The Hall–Kier alpha value is -3.56. The fourth-order valence-electron chi connectivity index (χ4n) is 5.27. The normalized spacial score (nSPS) is 15.3. The number of rotatable bonds is 8. The number of thiophene rings is 1. The van der Waals surface area contributed by atoms with Crippen molar-refractivity contribution in [3.05, 3.63) is 98.1 Å². The first-order chi connectivity index (χ1) is 17.7. The molecule has 1 atom stereocenters. The molecule has 4 aromatic heterocycles. The number of pyridine rings is 1. The molecule has 0 aliphatic heterocycles. The first-order valence-corrected chi connectivity index (χ1v) is 13.2. The molecule has 0 spiro atoms. The molecule has 1 saturated carbocycles. The number of nitrogens with zero attached hydrogens (tertiary/aromatic N) is 5. The molecule has 6 rings (SSSR count). The van der Waals surface area contributed by atoms with Crippen molar-refractivity contribution in [2.24, 2.45) is 0 Å². The lowest BCUT2D eigenvalue weighted by molar-refractivity contribution is 0.178. The number of aromatic nitrogens is 5. The Morgan fingerprint density at radius 1 is 1.17 bits per heavy atom.